The van der Waals surface area contributed by atoms with Crippen LogP contribution >= 0.6 is 0 Å². The number of ether oxygens (including phenoxy) is 2. The van der Waals surface area contributed by atoms with Crippen LogP contribution in [0, 0.1) is 0 Å². The highest BCUT2D eigenvalue weighted by molar-refractivity contribution is 5.67. The molecule has 1 aromatic carbocycles. The molecule has 0 radical (unpaired) electrons. The number of rotatable bonds is 7. The molecule has 4 nitrogen and oxygen atoms in total. The molecule has 0 saturated heterocycles. The maximum absolute atomic E-state index is 10.6. The van der Waals surface area contributed by atoms with Crippen LogP contribution in [-0.2, 0) is 16.1 Å². The van der Waals surface area contributed by atoms with E-state index in [2.05, 4.69) is 0 Å². The summed E-state index contributed by atoms with van der Waals surface area (Å²) in [6, 6.07) is 7.55. The van der Waals surface area contributed by atoms with Crippen LogP contribution in [0.2, 0.25) is 0 Å². The predicted octanol–water partition coefficient (Wildman–Crippen LogP) is 2.47. The van der Waals surface area contributed by atoms with Crippen LogP contribution in [0.25, 0.3) is 0 Å². The molecule has 0 aliphatic carbocycles. The van der Waals surface area contributed by atoms with Gasteiger partial charge in [-0.25, -0.2) is 0 Å². The predicted molar refractivity (Wildman–Crippen MR) is 64.1 cm³/mol. The van der Waals surface area contributed by atoms with Crippen molar-refractivity contribution in [3.63, 3.8) is 0 Å². The van der Waals surface area contributed by atoms with Gasteiger partial charge in [-0.2, -0.15) is 0 Å². The van der Waals surface area contributed by atoms with Crippen molar-refractivity contribution in [2.75, 3.05) is 7.11 Å². The van der Waals surface area contributed by atoms with Crippen molar-refractivity contribution in [3.8, 4) is 5.75 Å². The van der Waals surface area contributed by atoms with Crippen molar-refractivity contribution in [1.29, 1.82) is 0 Å². The fourth-order valence-corrected chi connectivity index (χ4v) is 1.49. The summed E-state index contributed by atoms with van der Waals surface area (Å²) in [7, 11) is 1.61. The van der Waals surface area contributed by atoms with Gasteiger partial charge < -0.3 is 14.6 Å². The molecule has 94 valence electrons. The van der Waals surface area contributed by atoms with Crippen LogP contribution < -0.4 is 4.74 Å². The average molecular weight is 238 g/mol. The van der Waals surface area contributed by atoms with Gasteiger partial charge in [-0.3, -0.25) is 4.79 Å². The summed E-state index contributed by atoms with van der Waals surface area (Å²) in [5.74, 6) is -0.0557. The van der Waals surface area contributed by atoms with Crippen molar-refractivity contribution in [1.82, 2.24) is 0 Å². The molecule has 1 N–H and O–H groups in total. The molecular formula is C13H18O4. The molecule has 0 amide bonds. The molecular weight excluding hydrogens is 220 g/mol. The lowest BCUT2D eigenvalue weighted by molar-refractivity contribution is -0.140. The molecule has 0 bridgehead atoms. The second-order valence-corrected chi connectivity index (χ2v) is 3.79. The largest absolute Gasteiger partial charge is 0.497 e. The number of hydrogen-bond acceptors (Lipinski definition) is 3. The number of hydrogen-bond donors (Lipinski definition) is 1. The summed E-state index contributed by atoms with van der Waals surface area (Å²) in [4.78, 5) is 10.6. The molecule has 0 aliphatic heterocycles. The molecule has 1 rings (SSSR count). The van der Waals surface area contributed by atoms with E-state index in [-0.39, 0.29) is 12.5 Å². The van der Waals surface area contributed by atoms with Gasteiger partial charge in [0.2, 0.25) is 0 Å². The fraction of sp³-hybridized carbons (Fsp3) is 0.462. The van der Waals surface area contributed by atoms with Crippen LogP contribution in [0.3, 0.4) is 0 Å². The van der Waals surface area contributed by atoms with Gasteiger partial charge in [-0.15, -0.1) is 0 Å². The third kappa shape index (κ3) is 4.87. The minimum absolute atomic E-state index is 0.0421. The van der Waals surface area contributed by atoms with E-state index in [0.29, 0.717) is 13.0 Å². The van der Waals surface area contributed by atoms with E-state index in [9.17, 15) is 4.79 Å². The normalized spacial score (nSPS) is 12.1. The zero-order valence-corrected chi connectivity index (χ0v) is 10.2. The summed E-state index contributed by atoms with van der Waals surface area (Å²) < 4.78 is 10.7. The van der Waals surface area contributed by atoms with Crippen molar-refractivity contribution >= 4 is 5.97 Å². The Morgan fingerprint density at radius 2 is 2.24 bits per heavy atom. The molecule has 17 heavy (non-hydrogen) atoms. The van der Waals surface area contributed by atoms with E-state index in [4.69, 9.17) is 14.6 Å². The van der Waals surface area contributed by atoms with E-state index in [1.807, 2.05) is 31.2 Å². The number of methoxy groups -OCH3 is 1. The van der Waals surface area contributed by atoms with Gasteiger partial charge in [-0.1, -0.05) is 19.1 Å². The molecule has 4 heteroatoms. The highest BCUT2D eigenvalue weighted by Gasteiger charge is 2.11. The van der Waals surface area contributed by atoms with E-state index in [1.54, 1.807) is 7.11 Å². The first-order chi connectivity index (χ1) is 8.15. The summed E-state index contributed by atoms with van der Waals surface area (Å²) >= 11 is 0. The lowest BCUT2D eigenvalue weighted by Gasteiger charge is -2.14. The minimum Gasteiger partial charge on any atom is -0.497 e. The Labute approximate surface area is 101 Å². The quantitative estimate of drug-likeness (QED) is 0.792. The average Bonchev–Trinajstić information content (AvgIpc) is 2.34. The lowest BCUT2D eigenvalue weighted by Crippen LogP contribution is -2.16. The van der Waals surface area contributed by atoms with Crippen molar-refractivity contribution < 1.29 is 19.4 Å². The Kier molecular flexibility index (Phi) is 5.49. The molecule has 0 heterocycles. The highest BCUT2D eigenvalue weighted by Crippen LogP contribution is 2.15. The van der Waals surface area contributed by atoms with Crippen LogP contribution in [0.15, 0.2) is 24.3 Å². The van der Waals surface area contributed by atoms with E-state index < -0.39 is 5.97 Å². The van der Waals surface area contributed by atoms with E-state index >= 15 is 0 Å². The van der Waals surface area contributed by atoms with Crippen LogP contribution in [0.5, 0.6) is 5.75 Å². The Hall–Kier alpha value is -1.55. The van der Waals surface area contributed by atoms with Crippen LogP contribution in [0.1, 0.15) is 25.3 Å². The zero-order chi connectivity index (χ0) is 12.7. The molecule has 0 spiro atoms. The Balaban J connectivity index is 2.50. The van der Waals surface area contributed by atoms with Gasteiger partial charge in [0.1, 0.15) is 5.75 Å². The zero-order valence-electron chi connectivity index (χ0n) is 10.2. The van der Waals surface area contributed by atoms with E-state index in [1.165, 1.54) is 0 Å². The van der Waals surface area contributed by atoms with Crippen molar-refractivity contribution in [2.45, 2.75) is 32.5 Å². The number of carboxylic acid groups (broad SMARTS) is 1. The molecule has 0 fully saturated rings. The lowest BCUT2D eigenvalue weighted by atomic mass is 10.2. The fourth-order valence-electron chi connectivity index (χ4n) is 1.49. The number of carbonyl (C=O) groups is 1. The topological polar surface area (TPSA) is 55.8 Å². The summed E-state index contributed by atoms with van der Waals surface area (Å²) in [5.41, 5.74) is 0.980. The summed E-state index contributed by atoms with van der Waals surface area (Å²) in [6.07, 6.45) is 0.496. The first-order valence-corrected chi connectivity index (χ1v) is 5.62. The monoisotopic (exact) mass is 238 g/mol. The number of carboxylic acids is 1. The maximum atomic E-state index is 10.6. The SMILES string of the molecule is CCC(CC(=O)O)OCc1cccc(OC)c1. The highest BCUT2D eigenvalue weighted by atomic mass is 16.5. The first kappa shape index (κ1) is 13.5. The van der Waals surface area contributed by atoms with Gasteiger partial charge in [0.15, 0.2) is 0 Å². The molecule has 0 saturated carbocycles. The molecule has 0 aromatic heterocycles. The third-order valence-electron chi connectivity index (χ3n) is 2.48. The molecule has 1 aromatic rings. The number of aliphatic carboxylic acids is 1. The first-order valence-electron chi connectivity index (χ1n) is 5.62. The minimum atomic E-state index is -0.831. The summed E-state index contributed by atoms with van der Waals surface area (Å²) in [5, 5.41) is 8.69. The van der Waals surface area contributed by atoms with Gasteiger partial charge in [0, 0.05) is 0 Å². The van der Waals surface area contributed by atoms with Gasteiger partial charge >= 0.3 is 5.97 Å². The Morgan fingerprint density at radius 3 is 2.82 bits per heavy atom. The second kappa shape index (κ2) is 6.91. The van der Waals surface area contributed by atoms with Gasteiger partial charge in [0.05, 0.1) is 26.2 Å². The van der Waals surface area contributed by atoms with Gasteiger partial charge in [0.25, 0.3) is 0 Å². The van der Waals surface area contributed by atoms with Crippen molar-refractivity contribution in [2.24, 2.45) is 0 Å². The Morgan fingerprint density at radius 1 is 1.47 bits per heavy atom. The third-order valence-corrected chi connectivity index (χ3v) is 2.48. The van der Waals surface area contributed by atoms with Crippen molar-refractivity contribution in [3.05, 3.63) is 29.8 Å². The maximum Gasteiger partial charge on any atom is 0.305 e. The summed E-state index contributed by atoms with van der Waals surface area (Å²) in [6.45, 7) is 2.32. The van der Waals surface area contributed by atoms with Gasteiger partial charge in [-0.05, 0) is 24.1 Å². The molecule has 0 aliphatic rings. The van der Waals surface area contributed by atoms with E-state index in [0.717, 1.165) is 11.3 Å². The smallest absolute Gasteiger partial charge is 0.305 e. The second-order valence-electron chi connectivity index (χ2n) is 3.79. The van der Waals surface area contributed by atoms with Crippen LogP contribution in [0.4, 0.5) is 0 Å². The standard InChI is InChI=1S/C13H18O4/c1-3-11(8-13(14)15)17-9-10-5-4-6-12(7-10)16-2/h4-7,11H,3,8-9H2,1-2H3,(H,14,15). The Bertz CT molecular complexity index is 362. The molecule has 1 atom stereocenters. The molecule has 1 unspecified atom stereocenters. The van der Waals surface area contributed by atoms with Crippen LogP contribution in [-0.4, -0.2) is 24.3 Å². The number of benzene rings is 1.